The largest absolute Gasteiger partial charge is 0.496 e. The predicted octanol–water partition coefficient (Wildman–Crippen LogP) is 3.47. The van der Waals surface area contributed by atoms with E-state index < -0.39 is 15.9 Å². The molecule has 150 valence electrons. The van der Waals surface area contributed by atoms with E-state index in [1.54, 1.807) is 6.92 Å². The highest BCUT2D eigenvalue weighted by Crippen LogP contribution is 2.29. The highest BCUT2D eigenvalue weighted by molar-refractivity contribution is 7.89. The molecule has 0 heterocycles. The fourth-order valence-electron chi connectivity index (χ4n) is 3.24. The van der Waals surface area contributed by atoms with E-state index in [1.807, 2.05) is 0 Å². The Hall–Kier alpha value is -2.45. The standard InChI is InChI=1S/C20H23FN2O4S/c1-12-8-15(9-12)23-28(25,26)16-5-7-19(27-3)17(11-16)20(24)22-14-4-6-18(21)13(2)10-14/h4-7,10-12,15,23H,8-9H2,1-3H3,(H,22,24). The van der Waals surface area contributed by atoms with E-state index in [0.29, 0.717) is 17.2 Å². The van der Waals surface area contributed by atoms with Crippen molar-refractivity contribution in [3.8, 4) is 5.75 Å². The first kappa shape index (κ1) is 20.3. The van der Waals surface area contributed by atoms with E-state index >= 15 is 0 Å². The maximum absolute atomic E-state index is 13.4. The second kappa shape index (κ2) is 7.89. The number of benzene rings is 2. The summed E-state index contributed by atoms with van der Waals surface area (Å²) >= 11 is 0. The number of amides is 1. The van der Waals surface area contributed by atoms with Crippen LogP contribution in [0.2, 0.25) is 0 Å². The molecule has 0 bridgehead atoms. The average Bonchev–Trinajstić information content (AvgIpc) is 2.62. The zero-order valence-corrected chi connectivity index (χ0v) is 16.8. The lowest BCUT2D eigenvalue weighted by Crippen LogP contribution is -2.43. The van der Waals surface area contributed by atoms with Crippen LogP contribution in [0.15, 0.2) is 41.3 Å². The molecule has 0 saturated heterocycles. The number of halogens is 1. The van der Waals surface area contributed by atoms with E-state index in [1.165, 1.54) is 43.5 Å². The number of rotatable bonds is 6. The van der Waals surface area contributed by atoms with Gasteiger partial charge in [0.2, 0.25) is 10.0 Å². The van der Waals surface area contributed by atoms with Gasteiger partial charge in [-0.25, -0.2) is 17.5 Å². The lowest BCUT2D eigenvalue weighted by atomic mass is 9.83. The van der Waals surface area contributed by atoms with Gasteiger partial charge in [0, 0.05) is 11.7 Å². The van der Waals surface area contributed by atoms with Crippen molar-refractivity contribution in [3.05, 3.63) is 53.3 Å². The smallest absolute Gasteiger partial charge is 0.259 e. The van der Waals surface area contributed by atoms with Crippen LogP contribution in [-0.2, 0) is 10.0 Å². The summed E-state index contributed by atoms with van der Waals surface area (Å²) in [4.78, 5) is 12.7. The molecule has 0 spiro atoms. The van der Waals surface area contributed by atoms with Gasteiger partial charge >= 0.3 is 0 Å². The average molecular weight is 406 g/mol. The Kier molecular flexibility index (Phi) is 5.71. The van der Waals surface area contributed by atoms with Crippen LogP contribution in [0.3, 0.4) is 0 Å². The van der Waals surface area contributed by atoms with Gasteiger partial charge in [-0.05, 0) is 67.6 Å². The molecule has 0 aromatic heterocycles. The van der Waals surface area contributed by atoms with Crippen molar-refractivity contribution in [3.63, 3.8) is 0 Å². The van der Waals surface area contributed by atoms with Crippen LogP contribution in [0.5, 0.6) is 5.75 Å². The number of anilines is 1. The van der Waals surface area contributed by atoms with Gasteiger partial charge in [0.1, 0.15) is 11.6 Å². The number of hydrogen-bond acceptors (Lipinski definition) is 4. The zero-order chi connectivity index (χ0) is 20.5. The molecule has 0 atom stereocenters. The van der Waals surface area contributed by atoms with Crippen molar-refractivity contribution >= 4 is 21.6 Å². The maximum Gasteiger partial charge on any atom is 0.259 e. The van der Waals surface area contributed by atoms with Crippen molar-refractivity contribution < 1.29 is 22.3 Å². The molecule has 2 N–H and O–H groups in total. The molecule has 0 radical (unpaired) electrons. The first-order chi connectivity index (χ1) is 13.2. The quantitative estimate of drug-likeness (QED) is 0.769. The third-order valence-corrected chi connectivity index (χ3v) is 6.36. The van der Waals surface area contributed by atoms with Gasteiger partial charge in [0.25, 0.3) is 5.91 Å². The number of sulfonamides is 1. The molecule has 1 aliphatic rings. The van der Waals surface area contributed by atoms with Crippen LogP contribution in [0.1, 0.15) is 35.7 Å². The van der Waals surface area contributed by atoms with E-state index in [2.05, 4.69) is 17.0 Å². The lowest BCUT2D eigenvalue weighted by molar-refractivity contribution is 0.102. The minimum Gasteiger partial charge on any atom is -0.496 e. The predicted molar refractivity (Wildman–Crippen MR) is 105 cm³/mol. The molecule has 3 rings (SSSR count). The van der Waals surface area contributed by atoms with Crippen LogP contribution in [0.25, 0.3) is 0 Å². The highest BCUT2D eigenvalue weighted by atomic mass is 32.2. The summed E-state index contributed by atoms with van der Waals surface area (Å²) in [5.41, 5.74) is 0.871. The van der Waals surface area contributed by atoms with Crippen LogP contribution >= 0.6 is 0 Å². The number of carbonyl (C=O) groups excluding carboxylic acids is 1. The van der Waals surface area contributed by atoms with Crippen molar-refractivity contribution in [1.82, 2.24) is 4.72 Å². The Labute approximate surface area is 164 Å². The summed E-state index contributed by atoms with van der Waals surface area (Å²) in [6, 6.07) is 8.25. The van der Waals surface area contributed by atoms with Crippen LogP contribution in [-0.4, -0.2) is 27.5 Å². The minimum atomic E-state index is -3.75. The number of methoxy groups -OCH3 is 1. The monoisotopic (exact) mass is 406 g/mol. The molecule has 2 aromatic carbocycles. The second-order valence-corrected chi connectivity index (χ2v) is 8.89. The maximum atomic E-state index is 13.4. The highest BCUT2D eigenvalue weighted by Gasteiger charge is 2.30. The van der Waals surface area contributed by atoms with E-state index in [-0.39, 0.29) is 28.1 Å². The number of aryl methyl sites for hydroxylation is 1. The van der Waals surface area contributed by atoms with Crippen molar-refractivity contribution in [2.75, 3.05) is 12.4 Å². The third-order valence-electron chi connectivity index (χ3n) is 4.84. The van der Waals surface area contributed by atoms with Gasteiger partial charge in [-0.3, -0.25) is 4.79 Å². The third kappa shape index (κ3) is 4.34. The molecule has 28 heavy (non-hydrogen) atoms. The van der Waals surface area contributed by atoms with E-state index in [9.17, 15) is 17.6 Å². The van der Waals surface area contributed by atoms with Crippen LogP contribution in [0.4, 0.5) is 10.1 Å². The van der Waals surface area contributed by atoms with Gasteiger partial charge in [-0.15, -0.1) is 0 Å². The number of hydrogen-bond donors (Lipinski definition) is 2. The van der Waals surface area contributed by atoms with E-state index in [0.717, 1.165) is 12.8 Å². The normalized spacial score (nSPS) is 19.0. The fourth-order valence-corrected chi connectivity index (χ4v) is 4.53. The molecule has 1 aliphatic carbocycles. The Morgan fingerprint density at radius 2 is 1.89 bits per heavy atom. The summed E-state index contributed by atoms with van der Waals surface area (Å²) in [6.45, 7) is 3.66. The van der Waals surface area contributed by atoms with Crippen LogP contribution in [0, 0.1) is 18.7 Å². The van der Waals surface area contributed by atoms with Gasteiger partial charge in [0.15, 0.2) is 0 Å². The van der Waals surface area contributed by atoms with E-state index in [4.69, 9.17) is 4.74 Å². The first-order valence-corrected chi connectivity index (χ1v) is 10.5. The topological polar surface area (TPSA) is 84.5 Å². The van der Waals surface area contributed by atoms with Gasteiger partial charge in [-0.1, -0.05) is 6.92 Å². The SMILES string of the molecule is COc1ccc(S(=O)(=O)NC2CC(C)C2)cc1C(=O)Nc1ccc(F)c(C)c1. The van der Waals surface area contributed by atoms with Crippen molar-refractivity contribution in [2.45, 2.75) is 37.6 Å². The van der Waals surface area contributed by atoms with Crippen molar-refractivity contribution in [2.24, 2.45) is 5.92 Å². The fraction of sp³-hybridized carbons (Fsp3) is 0.350. The molecule has 1 fully saturated rings. The Morgan fingerprint density at radius 1 is 1.18 bits per heavy atom. The number of carbonyl (C=O) groups is 1. The summed E-state index contributed by atoms with van der Waals surface area (Å²) in [5.74, 6) is -0.172. The summed E-state index contributed by atoms with van der Waals surface area (Å²) in [5, 5.41) is 2.65. The lowest BCUT2D eigenvalue weighted by Gasteiger charge is -2.32. The molecule has 2 aromatic rings. The summed E-state index contributed by atoms with van der Waals surface area (Å²) in [7, 11) is -2.35. The van der Waals surface area contributed by atoms with Crippen molar-refractivity contribution in [1.29, 1.82) is 0 Å². The number of nitrogens with one attached hydrogen (secondary N) is 2. The molecular formula is C20H23FN2O4S. The minimum absolute atomic E-state index is 0.00621. The molecule has 0 unspecified atom stereocenters. The van der Waals surface area contributed by atoms with Gasteiger partial charge in [-0.2, -0.15) is 0 Å². The molecule has 8 heteroatoms. The molecule has 1 amide bonds. The molecule has 1 saturated carbocycles. The Bertz CT molecular complexity index is 1000. The Balaban J connectivity index is 1.85. The van der Waals surface area contributed by atoms with Gasteiger partial charge < -0.3 is 10.1 Å². The molecular weight excluding hydrogens is 383 g/mol. The summed E-state index contributed by atoms with van der Waals surface area (Å²) < 4.78 is 46.6. The molecule has 6 nitrogen and oxygen atoms in total. The van der Waals surface area contributed by atoms with Crippen LogP contribution < -0.4 is 14.8 Å². The number of ether oxygens (including phenoxy) is 1. The Morgan fingerprint density at radius 3 is 2.50 bits per heavy atom. The molecule has 0 aliphatic heterocycles. The van der Waals surface area contributed by atoms with Gasteiger partial charge in [0.05, 0.1) is 17.6 Å². The summed E-state index contributed by atoms with van der Waals surface area (Å²) in [6.07, 6.45) is 1.60. The first-order valence-electron chi connectivity index (χ1n) is 8.97. The zero-order valence-electron chi connectivity index (χ0n) is 16.0. The second-order valence-electron chi connectivity index (χ2n) is 7.17.